The number of hydrogen-bond acceptors (Lipinski definition) is 5. The van der Waals surface area contributed by atoms with Gasteiger partial charge in [0.25, 0.3) is 11.6 Å². The molecule has 1 amide bonds. The Balaban J connectivity index is 2.15. The Hall–Kier alpha value is -2.41. The highest BCUT2D eigenvalue weighted by atomic mass is 32.1. The van der Waals surface area contributed by atoms with Gasteiger partial charge in [0, 0.05) is 24.5 Å². The smallest absolute Gasteiger partial charge is 0.282 e. The number of phenols is 1. The lowest BCUT2D eigenvalue weighted by Gasteiger charge is -2.16. The third kappa shape index (κ3) is 3.57. The Bertz CT molecular complexity index is 655. The standard InChI is InChI=1S/C14H14N2O4S/c1-15(7-6-11-3-2-8-21-11)14(18)12-9-10(17)4-5-13(12)16(19)20/h2-5,8-9,17H,6-7H2,1H3. The van der Waals surface area contributed by atoms with Crippen LogP contribution in [0, 0.1) is 10.1 Å². The van der Waals surface area contributed by atoms with Gasteiger partial charge in [-0.25, -0.2) is 0 Å². The number of nitro benzene ring substituents is 1. The van der Waals surface area contributed by atoms with Gasteiger partial charge in [0.05, 0.1) is 4.92 Å². The van der Waals surface area contributed by atoms with Crippen LogP contribution in [0.1, 0.15) is 15.2 Å². The molecule has 1 aromatic heterocycles. The van der Waals surface area contributed by atoms with Crippen molar-refractivity contribution < 1.29 is 14.8 Å². The van der Waals surface area contributed by atoms with Crippen molar-refractivity contribution in [3.8, 4) is 5.75 Å². The van der Waals surface area contributed by atoms with E-state index in [2.05, 4.69) is 0 Å². The highest BCUT2D eigenvalue weighted by Gasteiger charge is 2.23. The molecular formula is C14H14N2O4S. The van der Waals surface area contributed by atoms with Gasteiger partial charge in [0.15, 0.2) is 0 Å². The molecule has 1 N–H and O–H groups in total. The minimum absolute atomic E-state index is 0.103. The summed E-state index contributed by atoms with van der Waals surface area (Å²) in [5.74, 6) is -0.648. The van der Waals surface area contributed by atoms with Crippen LogP contribution in [0.25, 0.3) is 0 Å². The lowest BCUT2D eigenvalue weighted by Crippen LogP contribution is -2.29. The van der Waals surface area contributed by atoms with Crippen molar-refractivity contribution in [2.45, 2.75) is 6.42 Å². The summed E-state index contributed by atoms with van der Waals surface area (Å²) in [6, 6.07) is 7.36. The van der Waals surface area contributed by atoms with Crippen LogP contribution in [0.4, 0.5) is 5.69 Å². The normalized spacial score (nSPS) is 10.3. The number of likely N-dealkylation sites (N-methyl/N-ethyl adjacent to an activating group) is 1. The van der Waals surface area contributed by atoms with Crippen LogP contribution in [-0.4, -0.2) is 34.4 Å². The number of hydrogen-bond donors (Lipinski definition) is 1. The van der Waals surface area contributed by atoms with Gasteiger partial charge in [-0.05, 0) is 30.0 Å². The maximum absolute atomic E-state index is 12.3. The largest absolute Gasteiger partial charge is 0.508 e. The number of thiophene rings is 1. The Kier molecular flexibility index (Phi) is 4.54. The lowest BCUT2D eigenvalue weighted by molar-refractivity contribution is -0.385. The summed E-state index contributed by atoms with van der Waals surface area (Å²) in [7, 11) is 1.59. The van der Waals surface area contributed by atoms with Gasteiger partial charge in [-0.3, -0.25) is 14.9 Å². The van der Waals surface area contributed by atoms with Gasteiger partial charge < -0.3 is 10.0 Å². The van der Waals surface area contributed by atoms with Gasteiger partial charge >= 0.3 is 0 Å². The van der Waals surface area contributed by atoms with Crippen LogP contribution in [0.15, 0.2) is 35.7 Å². The molecule has 0 atom stereocenters. The van der Waals surface area contributed by atoms with Crippen molar-refractivity contribution in [3.05, 3.63) is 56.3 Å². The maximum atomic E-state index is 12.3. The number of benzene rings is 1. The molecular weight excluding hydrogens is 292 g/mol. The molecule has 2 aromatic rings. The highest BCUT2D eigenvalue weighted by Crippen LogP contribution is 2.24. The van der Waals surface area contributed by atoms with Crippen molar-refractivity contribution in [1.29, 1.82) is 0 Å². The van der Waals surface area contributed by atoms with Crippen molar-refractivity contribution in [2.75, 3.05) is 13.6 Å². The van der Waals surface area contributed by atoms with E-state index >= 15 is 0 Å². The Morgan fingerprint density at radius 1 is 1.43 bits per heavy atom. The molecule has 0 aliphatic carbocycles. The van der Waals surface area contributed by atoms with Crippen molar-refractivity contribution in [2.24, 2.45) is 0 Å². The Morgan fingerprint density at radius 3 is 2.81 bits per heavy atom. The summed E-state index contributed by atoms with van der Waals surface area (Å²) in [5.41, 5.74) is -0.408. The van der Waals surface area contributed by atoms with Crippen LogP contribution in [0.5, 0.6) is 5.75 Å². The molecule has 6 nitrogen and oxygen atoms in total. The molecule has 21 heavy (non-hydrogen) atoms. The molecule has 0 unspecified atom stereocenters. The summed E-state index contributed by atoms with van der Waals surface area (Å²) < 4.78 is 0. The molecule has 0 saturated heterocycles. The minimum Gasteiger partial charge on any atom is -0.508 e. The number of amides is 1. The maximum Gasteiger partial charge on any atom is 0.282 e. The van der Waals surface area contributed by atoms with Gasteiger partial charge in [-0.15, -0.1) is 11.3 Å². The van der Waals surface area contributed by atoms with Gasteiger partial charge in [-0.1, -0.05) is 6.07 Å². The summed E-state index contributed by atoms with van der Waals surface area (Å²) in [4.78, 5) is 25.2. The second-order valence-electron chi connectivity index (χ2n) is 4.51. The zero-order chi connectivity index (χ0) is 15.4. The first-order valence-electron chi connectivity index (χ1n) is 6.24. The topological polar surface area (TPSA) is 83.7 Å². The molecule has 0 fully saturated rings. The molecule has 2 rings (SSSR count). The summed E-state index contributed by atoms with van der Waals surface area (Å²) in [6.07, 6.45) is 0.687. The van der Waals surface area contributed by atoms with Gasteiger partial charge in [0.2, 0.25) is 0 Å². The van der Waals surface area contributed by atoms with E-state index in [1.54, 1.807) is 18.4 Å². The third-order valence-corrected chi connectivity index (χ3v) is 3.96. The minimum atomic E-state index is -0.625. The zero-order valence-corrected chi connectivity index (χ0v) is 12.2. The van der Waals surface area contributed by atoms with Gasteiger partial charge in [-0.2, -0.15) is 0 Å². The van der Waals surface area contributed by atoms with E-state index in [0.29, 0.717) is 13.0 Å². The van der Waals surface area contributed by atoms with E-state index in [0.717, 1.165) is 17.0 Å². The molecule has 0 bridgehead atoms. The van der Waals surface area contributed by atoms with E-state index in [9.17, 15) is 20.0 Å². The van der Waals surface area contributed by atoms with Crippen LogP contribution in [0.2, 0.25) is 0 Å². The van der Waals surface area contributed by atoms with E-state index in [-0.39, 0.29) is 17.0 Å². The number of carbonyl (C=O) groups is 1. The number of phenolic OH excluding ortho intramolecular Hbond substituents is 1. The zero-order valence-electron chi connectivity index (χ0n) is 11.4. The summed E-state index contributed by atoms with van der Waals surface area (Å²) in [6.45, 7) is 0.451. The van der Waals surface area contributed by atoms with E-state index in [1.165, 1.54) is 11.0 Å². The quantitative estimate of drug-likeness (QED) is 0.680. The van der Waals surface area contributed by atoms with Crippen molar-refractivity contribution in [3.63, 3.8) is 0 Å². The number of nitrogens with zero attached hydrogens (tertiary/aromatic N) is 2. The molecule has 0 radical (unpaired) electrons. The fraction of sp³-hybridized carbons (Fsp3) is 0.214. The summed E-state index contributed by atoms with van der Waals surface area (Å²) in [5, 5.41) is 22.4. The van der Waals surface area contributed by atoms with Crippen LogP contribution >= 0.6 is 11.3 Å². The third-order valence-electron chi connectivity index (χ3n) is 3.03. The Morgan fingerprint density at radius 2 is 2.19 bits per heavy atom. The molecule has 0 aliphatic heterocycles. The first-order valence-corrected chi connectivity index (χ1v) is 7.12. The van der Waals surface area contributed by atoms with Crippen molar-refractivity contribution >= 4 is 22.9 Å². The predicted octanol–water partition coefficient (Wildman–Crippen LogP) is 2.68. The molecule has 0 saturated carbocycles. The molecule has 0 aliphatic rings. The lowest BCUT2D eigenvalue weighted by atomic mass is 10.1. The van der Waals surface area contributed by atoms with E-state index < -0.39 is 10.8 Å². The number of rotatable bonds is 5. The van der Waals surface area contributed by atoms with Crippen LogP contribution < -0.4 is 0 Å². The number of nitro groups is 1. The van der Waals surface area contributed by atoms with Crippen molar-refractivity contribution in [1.82, 2.24) is 4.90 Å². The SMILES string of the molecule is CN(CCc1cccs1)C(=O)c1cc(O)ccc1[N+](=O)[O-]. The summed E-state index contributed by atoms with van der Waals surface area (Å²) >= 11 is 1.60. The molecule has 110 valence electrons. The molecule has 1 heterocycles. The molecule has 7 heteroatoms. The number of carbonyl (C=O) groups excluding carboxylic acids is 1. The van der Waals surface area contributed by atoms with Crippen LogP contribution in [-0.2, 0) is 6.42 Å². The monoisotopic (exact) mass is 306 g/mol. The average molecular weight is 306 g/mol. The second-order valence-corrected chi connectivity index (χ2v) is 5.55. The van der Waals surface area contributed by atoms with E-state index in [1.807, 2.05) is 17.5 Å². The average Bonchev–Trinajstić information content (AvgIpc) is 2.96. The predicted molar refractivity (Wildman–Crippen MR) is 79.7 cm³/mol. The Labute approximate surface area is 125 Å². The molecule has 1 aromatic carbocycles. The van der Waals surface area contributed by atoms with E-state index in [4.69, 9.17) is 0 Å². The van der Waals surface area contributed by atoms with Crippen LogP contribution in [0.3, 0.4) is 0 Å². The fourth-order valence-electron chi connectivity index (χ4n) is 1.89. The highest BCUT2D eigenvalue weighted by molar-refractivity contribution is 7.09. The second kappa shape index (κ2) is 6.36. The number of aromatic hydroxyl groups is 1. The molecule has 0 spiro atoms. The van der Waals surface area contributed by atoms with Gasteiger partial charge in [0.1, 0.15) is 11.3 Å². The first-order chi connectivity index (χ1) is 9.99. The fourth-order valence-corrected chi connectivity index (χ4v) is 2.59. The first kappa shape index (κ1) is 15.0.